The van der Waals surface area contributed by atoms with E-state index in [0.29, 0.717) is 0 Å². The highest BCUT2D eigenvalue weighted by molar-refractivity contribution is 5.52. The van der Waals surface area contributed by atoms with E-state index in [9.17, 15) is 0 Å². The van der Waals surface area contributed by atoms with Crippen molar-refractivity contribution in [3.63, 3.8) is 0 Å². The molecule has 1 unspecified atom stereocenters. The van der Waals surface area contributed by atoms with Gasteiger partial charge in [-0.25, -0.2) is 0 Å². The van der Waals surface area contributed by atoms with Crippen LogP contribution in [0, 0.1) is 0 Å². The smallest absolute Gasteiger partial charge is 0.161 e. The highest BCUT2D eigenvalue weighted by Crippen LogP contribution is 2.37. The maximum atomic E-state index is 5.87. The van der Waals surface area contributed by atoms with Crippen LogP contribution in [-0.4, -0.2) is 27.4 Å². The third-order valence-electron chi connectivity index (χ3n) is 4.66. The lowest BCUT2D eigenvalue weighted by molar-refractivity contribution is 0.309. The second-order valence-electron chi connectivity index (χ2n) is 6.32. The Morgan fingerprint density at radius 1 is 1.08 bits per heavy atom. The summed E-state index contributed by atoms with van der Waals surface area (Å²) in [7, 11) is 3.36. The van der Waals surface area contributed by atoms with Gasteiger partial charge in [0.05, 0.1) is 26.9 Å². The Kier molecular flexibility index (Phi) is 5.82. The van der Waals surface area contributed by atoms with Gasteiger partial charge in [0.2, 0.25) is 0 Å². The van der Waals surface area contributed by atoms with Gasteiger partial charge in [-0.3, -0.25) is 0 Å². The summed E-state index contributed by atoms with van der Waals surface area (Å²) >= 11 is 0. The molecule has 2 aromatic carbocycles. The minimum absolute atomic E-state index is 0.137. The number of hydrogen-bond donors (Lipinski definition) is 1. The number of unbranched alkanes of at least 4 members (excludes halogenated alkanes) is 1. The van der Waals surface area contributed by atoms with Crippen LogP contribution in [0.3, 0.4) is 0 Å². The standard InChI is InChI=1S/C21H27NO3/c1-4-5-11-25-17-8-6-7-16(12-17)21-18-14-20(24-3)19(23-2)13-15(18)9-10-22-21/h6-8,12-14,21-22H,4-5,9-11H2,1-3H3. The lowest BCUT2D eigenvalue weighted by Gasteiger charge is -2.28. The predicted molar refractivity (Wildman–Crippen MR) is 99.9 cm³/mol. The molecule has 0 spiro atoms. The molecule has 25 heavy (non-hydrogen) atoms. The van der Waals surface area contributed by atoms with Gasteiger partial charge in [-0.1, -0.05) is 25.5 Å². The van der Waals surface area contributed by atoms with Gasteiger partial charge in [0.15, 0.2) is 11.5 Å². The molecule has 0 bridgehead atoms. The van der Waals surface area contributed by atoms with Gasteiger partial charge in [-0.15, -0.1) is 0 Å². The van der Waals surface area contributed by atoms with Gasteiger partial charge in [-0.2, -0.15) is 0 Å². The molecule has 3 rings (SSSR count). The number of ether oxygens (including phenoxy) is 3. The fourth-order valence-electron chi connectivity index (χ4n) is 3.30. The van der Waals surface area contributed by atoms with Crippen LogP contribution in [-0.2, 0) is 6.42 Å². The second kappa shape index (κ2) is 8.26. The number of benzene rings is 2. The molecule has 1 N–H and O–H groups in total. The van der Waals surface area contributed by atoms with Crippen molar-refractivity contribution in [1.82, 2.24) is 5.32 Å². The van der Waals surface area contributed by atoms with Crippen molar-refractivity contribution in [3.05, 3.63) is 53.1 Å². The molecule has 1 aliphatic rings. The summed E-state index contributed by atoms with van der Waals surface area (Å²) in [6, 6.07) is 12.7. The van der Waals surface area contributed by atoms with E-state index in [-0.39, 0.29) is 6.04 Å². The quantitative estimate of drug-likeness (QED) is 0.769. The summed E-state index contributed by atoms with van der Waals surface area (Å²) in [6.07, 6.45) is 3.20. The van der Waals surface area contributed by atoms with Crippen LogP contribution in [0.15, 0.2) is 36.4 Å². The SMILES string of the molecule is CCCCOc1cccc(C2NCCc3cc(OC)c(OC)cc32)c1. The Hall–Kier alpha value is -2.20. The van der Waals surface area contributed by atoms with Crippen molar-refractivity contribution in [2.24, 2.45) is 0 Å². The van der Waals surface area contributed by atoms with E-state index < -0.39 is 0 Å². The zero-order valence-electron chi connectivity index (χ0n) is 15.3. The van der Waals surface area contributed by atoms with E-state index >= 15 is 0 Å². The molecule has 2 aromatic rings. The molecule has 134 valence electrons. The van der Waals surface area contributed by atoms with Crippen LogP contribution in [0.1, 0.15) is 42.5 Å². The predicted octanol–water partition coefficient (Wildman–Crippen LogP) is 4.12. The zero-order valence-corrected chi connectivity index (χ0v) is 15.3. The molecule has 4 heteroatoms. The maximum Gasteiger partial charge on any atom is 0.161 e. The Bertz CT molecular complexity index is 714. The molecule has 1 aliphatic heterocycles. The fraction of sp³-hybridized carbons (Fsp3) is 0.429. The Morgan fingerprint density at radius 2 is 1.88 bits per heavy atom. The minimum atomic E-state index is 0.137. The summed E-state index contributed by atoms with van der Waals surface area (Å²) in [6.45, 7) is 3.87. The van der Waals surface area contributed by atoms with Crippen molar-refractivity contribution in [2.45, 2.75) is 32.2 Å². The van der Waals surface area contributed by atoms with E-state index in [4.69, 9.17) is 14.2 Å². The van der Waals surface area contributed by atoms with Crippen LogP contribution in [0.4, 0.5) is 0 Å². The zero-order chi connectivity index (χ0) is 17.6. The molecular weight excluding hydrogens is 314 g/mol. The number of hydrogen-bond acceptors (Lipinski definition) is 4. The van der Waals surface area contributed by atoms with E-state index in [2.05, 4.69) is 42.6 Å². The third-order valence-corrected chi connectivity index (χ3v) is 4.66. The Balaban J connectivity index is 1.91. The first-order valence-electron chi connectivity index (χ1n) is 8.97. The molecule has 0 aliphatic carbocycles. The maximum absolute atomic E-state index is 5.87. The molecule has 1 atom stereocenters. The second-order valence-corrected chi connectivity index (χ2v) is 6.32. The van der Waals surface area contributed by atoms with Crippen molar-refractivity contribution >= 4 is 0 Å². The lowest BCUT2D eigenvalue weighted by Crippen LogP contribution is -2.30. The van der Waals surface area contributed by atoms with Gasteiger partial charge in [0.1, 0.15) is 5.75 Å². The summed E-state index contributed by atoms with van der Waals surface area (Å²) in [5, 5.41) is 3.62. The number of fused-ring (bicyclic) bond motifs is 1. The molecule has 0 aromatic heterocycles. The van der Waals surface area contributed by atoms with Crippen LogP contribution in [0.5, 0.6) is 17.2 Å². The van der Waals surface area contributed by atoms with Crippen molar-refractivity contribution in [3.8, 4) is 17.2 Å². The first-order chi connectivity index (χ1) is 12.3. The van der Waals surface area contributed by atoms with Crippen LogP contribution in [0.25, 0.3) is 0 Å². The van der Waals surface area contributed by atoms with Crippen molar-refractivity contribution in [1.29, 1.82) is 0 Å². The highest BCUT2D eigenvalue weighted by atomic mass is 16.5. The minimum Gasteiger partial charge on any atom is -0.494 e. The van der Waals surface area contributed by atoms with Crippen LogP contribution >= 0.6 is 0 Å². The third kappa shape index (κ3) is 3.90. The number of methoxy groups -OCH3 is 2. The average Bonchev–Trinajstić information content (AvgIpc) is 2.66. The number of rotatable bonds is 7. The molecule has 0 saturated heterocycles. The summed E-state index contributed by atoms with van der Waals surface area (Å²) < 4.78 is 16.8. The first-order valence-corrected chi connectivity index (χ1v) is 8.97. The van der Waals surface area contributed by atoms with E-state index in [1.165, 1.54) is 16.7 Å². The monoisotopic (exact) mass is 341 g/mol. The van der Waals surface area contributed by atoms with Gasteiger partial charge >= 0.3 is 0 Å². The van der Waals surface area contributed by atoms with Gasteiger partial charge in [0.25, 0.3) is 0 Å². The largest absolute Gasteiger partial charge is 0.494 e. The first kappa shape index (κ1) is 17.6. The van der Waals surface area contributed by atoms with Crippen LogP contribution in [0.2, 0.25) is 0 Å². The van der Waals surface area contributed by atoms with Gasteiger partial charge in [-0.05, 0) is 53.8 Å². The lowest BCUT2D eigenvalue weighted by atomic mass is 9.89. The van der Waals surface area contributed by atoms with E-state index in [1.807, 2.05) is 6.07 Å². The molecule has 0 radical (unpaired) electrons. The highest BCUT2D eigenvalue weighted by Gasteiger charge is 2.24. The Morgan fingerprint density at radius 3 is 2.64 bits per heavy atom. The molecule has 0 amide bonds. The van der Waals surface area contributed by atoms with Gasteiger partial charge in [0, 0.05) is 6.54 Å². The summed E-state index contributed by atoms with van der Waals surface area (Å²) in [4.78, 5) is 0. The van der Waals surface area contributed by atoms with E-state index in [1.54, 1.807) is 14.2 Å². The van der Waals surface area contributed by atoms with E-state index in [0.717, 1.165) is 49.7 Å². The average molecular weight is 341 g/mol. The topological polar surface area (TPSA) is 39.7 Å². The Labute approximate surface area is 150 Å². The van der Waals surface area contributed by atoms with Gasteiger partial charge < -0.3 is 19.5 Å². The van der Waals surface area contributed by atoms with Crippen LogP contribution < -0.4 is 19.5 Å². The molecular formula is C21H27NO3. The van der Waals surface area contributed by atoms with Crippen molar-refractivity contribution in [2.75, 3.05) is 27.4 Å². The normalized spacial score (nSPS) is 16.2. The molecule has 1 heterocycles. The number of nitrogens with one attached hydrogen (secondary N) is 1. The molecule has 0 fully saturated rings. The molecule has 4 nitrogen and oxygen atoms in total. The fourth-order valence-corrected chi connectivity index (χ4v) is 3.30. The molecule has 0 saturated carbocycles. The summed E-state index contributed by atoms with van der Waals surface area (Å²) in [5.74, 6) is 2.49. The van der Waals surface area contributed by atoms with Crippen molar-refractivity contribution < 1.29 is 14.2 Å². The summed E-state index contributed by atoms with van der Waals surface area (Å²) in [5.41, 5.74) is 3.76.